The highest BCUT2D eigenvalue weighted by Gasteiger charge is 2.09. The molecule has 1 aliphatic heterocycles. The Morgan fingerprint density at radius 3 is 2.61 bits per heavy atom. The van der Waals surface area contributed by atoms with Gasteiger partial charge in [-0.1, -0.05) is 28.5 Å². The van der Waals surface area contributed by atoms with E-state index in [4.69, 9.17) is 0 Å². The molecule has 1 aromatic rings. The normalized spacial score (nSPS) is 12.1. The number of halogens is 1. The van der Waals surface area contributed by atoms with Gasteiger partial charge >= 0.3 is 0 Å². The van der Waals surface area contributed by atoms with Crippen LogP contribution in [0.15, 0.2) is 48.5 Å². The fourth-order valence-electron chi connectivity index (χ4n) is 1.75. The summed E-state index contributed by atoms with van der Waals surface area (Å²) >= 11 is 0. The summed E-state index contributed by atoms with van der Waals surface area (Å²) < 4.78 is 6.52. The average molecular weight is 295 g/mol. The first-order chi connectivity index (χ1) is 8.34. The molecule has 5 heteroatoms. The Kier molecular flexibility index (Phi) is 4.11. The molecule has 1 aromatic carbocycles. The van der Waals surface area contributed by atoms with E-state index < -0.39 is 0 Å². The second-order valence-corrected chi connectivity index (χ2v) is 5.68. The van der Waals surface area contributed by atoms with Gasteiger partial charge in [-0.05, 0) is 6.07 Å². The van der Waals surface area contributed by atoms with Crippen molar-refractivity contribution in [3.63, 3.8) is 0 Å². The Hall–Kier alpha value is -1.23. The van der Waals surface area contributed by atoms with Crippen LogP contribution in [-0.2, 0) is 0 Å². The van der Waals surface area contributed by atoms with Gasteiger partial charge in [0.25, 0.3) is 0 Å². The molecule has 0 saturated carbocycles. The van der Waals surface area contributed by atoms with E-state index in [2.05, 4.69) is 58.5 Å². The molecule has 0 unspecified atom stereocenters. The Balaban J connectivity index is 0.00000120. The lowest BCUT2D eigenvalue weighted by molar-refractivity contribution is -0.00000330. The maximum absolute atomic E-state index is 4.33. The van der Waals surface area contributed by atoms with Crippen LogP contribution >= 0.6 is 20.9 Å². The third-order valence-corrected chi connectivity index (χ3v) is 4.58. The van der Waals surface area contributed by atoms with E-state index >= 15 is 0 Å². The first-order valence-electron chi connectivity index (χ1n) is 5.32. The van der Waals surface area contributed by atoms with Crippen molar-refractivity contribution in [2.45, 2.75) is 0 Å². The second kappa shape index (κ2) is 5.61. The van der Waals surface area contributed by atoms with Crippen LogP contribution in [0.3, 0.4) is 0 Å². The van der Waals surface area contributed by atoms with E-state index in [1.807, 2.05) is 6.07 Å². The van der Waals surface area contributed by atoms with Gasteiger partial charge in [0.15, 0.2) is 0 Å². The Bertz CT molecular complexity index is 673. The minimum atomic E-state index is 0. The van der Waals surface area contributed by atoms with Crippen LogP contribution in [-0.4, -0.2) is 11.4 Å². The second-order valence-electron chi connectivity index (χ2n) is 3.80. The molecule has 1 aliphatic carbocycles. The minimum absolute atomic E-state index is 0. The van der Waals surface area contributed by atoms with Crippen molar-refractivity contribution >= 4 is 26.6 Å². The SMILES string of the molecule is C[N+](c1ccccc1)=c1ccc2nssc-2c1.[Cl-]. The summed E-state index contributed by atoms with van der Waals surface area (Å²) in [5.74, 6) is 0. The van der Waals surface area contributed by atoms with Crippen LogP contribution in [0.25, 0.3) is 10.6 Å². The highest BCUT2D eigenvalue weighted by atomic mass is 35.5. The van der Waals surface area contributed by atoms with E-state index in [0.29, 0.717) is 0 Å². The van der Waals surface area contributed by atoms with Gasteiger partial charge < -0.3 is 12.4 Å². The average Bonchev–Trinajstić information content (AvgIpc) is 2.86. The van der Waals surface area contributed by atoms with Gasteiger partial charge in [0.05, 0.1) is 10.6 Å². The first kappa shape index (κ1) is 13.2. The van der Waals surface area contributed by atoms with Crippen molar-refractivity contribution in [3.05, 3.63) is 53.9 Å². The van der Waals surface area contributed by atoms with Crippen molar-refractivity contribution < 1.29 is 12.4 Å². The molecule has 0 aromatic heterocycles. The van der Waals surface area contributed by atoms with Crippen LogP contribution in [0.5, 0.6) is 0 Å². The number of fused-ring (bicyclic) bond motifs is 1. The number of rotatable bonds is 1. The molecule has 0 N–H and O–H groups in total. The highest BCUT2D eigenvalue weighted by Crippen LogP contribution is 2.25. The summed E-state index contributed by atoms with van der Waals surface area (Å²) in [5, 5.41) is 1.19. The Labute approximate surface area is 119 Å². The number of aromatic nitrogens is 1. The van der Waals surface area contributed by atoms with Gasteiger partial charge in [-0.3, -0.25) is 0 Å². The van der Waals surface area contributed by atoms with E-state index in [0.717, 1.165) is 5.69 Å². The van der Waals surface area contributed by atoms with Gasteiger partial charge in [0.2, 0.25) is 11.0 Å². The number of para-hydroxylation sites is 1. The lowest BCUT2D eigenvalue weighted by Gasteiger charge is -1.97. The summed E-state index contributed by atoms with van der Waals surface area (Å²) in [6.45, 7) is 0. The summed E-state index contributed by atoms with van der Waals surface area (Å²) in [6.07, 6.45) is 0. The van der Waals surface area contributed by atoms with Gasteiger partial charge in [0, 0.05) is 34.8 Å². The number of nitrogens with zero attached hydrogens (tertiary/aromatic N) is 2. The van der Waals surface area contributed by atoms with Crippen LogP contribution in [0, 0.1) is 0 Å². The third kappa shape index (κ3) is 2.46. The zero-order valence-corrected chi connectivity index (χ0v) is 12.1. The van der Waals surface area contributed by atoms with Crippen LogP contribution in [0.4, 0.5) is 5.69 Å². The van der Waals surface area contributed by atoms with Crippen molar-refractivity contribution in [1.29, 1.82) is 0 Å². The molecule has 0 amide bonds. The van der Waals surface area contributed by atoms with Gasteiger partial charge in [-0.2, -0.15) is 8.95 Å². The molecule has 0 radical (unpaired) electrons. The maximum atomic E-state index is 4.33. The lowest BCUT2D eigenvalue weighted by Crippen LogP contribution is -3.00. The molecule has 3 rings (SSSR count). The highest BCUT2D eigenvalue weighted by molar-refractivity contribution is 7.68. The summed E-state index contributed by atoms with van der Waals surface area (Å²) in [4.78, 5) is 1.25. The zero-order valence-electron chi connectivity index (χ0n) is 9.71. The number of hydrogen-bond acceptors (Lipinski definition) is 3. The van der Waals surface area contributed by atoms with Gasteiger partial charge in [-0.15, -0.1) is 0 Å². The van der Waals surface area contributed by atoms with E-state index in [1.165, 1.54) is 15.9 Å². The lowest BCUT2D eigenvalue weighted by atomic mass is 10.2. The molecule has 2 aliphatic rings. The van der Waals surface area contributed by atoms with Crippen molar-refractivity contribution in [3.8, 4) is 10.6 Å². The smallest absolute Gasteiger partial charge is 0.207 e. The quantitative estimate of drug-likeness (QED) is 0.457. The summed E-state index contributed by atoms with van der Waals surface area (Å²) in [5.41, 5.74) is 2.28. The van der Waals surface area contributed by atoms with Crippen LogP contribution in [0.2, 0.25) is 0 Å². The fourth-order valence-corrected chi connectivity index (χ4v) is 3.53. The zero-order chi connectivity index (χ0) is 11.7. The van der Waals surface area contributed by atoms with Crippen molar-refractivity contribution in [2.75, 3.05) is 7.05 Å². The third-order valence-electron chi connectivity index (χ3n) is 2.74. The topological polar surface area (TPSA) is 15.9 Å². The minimum Gasteiger partial charge on any atom is -1.00 e. The molecule has 0 fully saturated rings. The van der Waals surface area contributed by atoms with Crippen LogP contribution < -0.4 is 22.3 Å². The van der Waals surface area contributed by atoms with Crippen molar-refractivity contribution in [1.82, 2.24) is 8.95 Å². The molecular formula is C13H11ClN2S2. The molecule has 1 heterocycles. The number of benzene rings is 2. The Morgan fingerprint density at radius 2 is 1.83 bits per heavy atom. The summed E-state index contributed by atoms with van der Waals surface area (Å²) in [6, 6.07) is 16.7. The predicted molar refractivity (Wildman–Crippen MR) is 73.9 cm³/mol. The molecule has 0 spiro atoms. The molecule has 18 heavy (non-hydrogen) atoms. The van der Waals surface area contributed by atoms with Gasteiger partial charge in [-0.25, -0.2) is 0 Å². The fraction of sp³-hybridized carbons (Fsp3) is 0.0769. The molecule has 92 valence electrons. The number of hydrogen-bond donors (Lipinski definition) is 0. The maximum Gasteiger partial charge on any atom is 0.207 e. The largest absolute Gasteiger partial charge is 1.00 e. The van der Waals surface area contributed by atoms with E-state index in [9.17, 15) is 0 Å². The van der Waals surface area contributed by atoms with E-state index in [1.54, 1.807) is 20.9 Å². The van der Waals surface area contributed by atoms with Gasteiger partial charge in [0.1, 0.15) is 7.05 Å². The predicted octanol–water partition coefficient (Wildman–Crippen LogP) is 0.0471. The van der Waals surface area contributed by atoms with E-state index in [-0.39, 0.29) is 12.4 Å². The monoisotopic (exact) mass is 294 g/mol. The molecular weight excluding hydrogens is 284 g/mol. The first-order valence-corrected chi connectivity index (χ1v) is 7.43. The molecule has 0 bridgehead atoms. The molecule has 0 saturated heterocycles. The standard InChI is InChI=1S/C13H11N2S2.ClH/c1-15(10-5-3-2-4-6-10)11-7-8-12-13(9-11)16-17-14-12;/h2-9H,1H3;1H/q+1;/p-1. The summed E-state index contributed by atoms with van der Waals surface area (Å²) in [7, 11) is 5.34. The molecule has 0 atom stereocenters. The van der Waals surface area contributed by atoms with Crippen molar-refractivity contribution in [2.24, 2.45) is 0 Å². The molecule has 2 nitrogen and oxygen atoms in total. The Morgan fingerprint density at radius 1 is 1.06 bits per heavy atom. The van der Waals surface area contributed by atoms with Crippen LogP contribution in [0.1, 0.15) is 0 Å².